The van der Waals surface area contributed by atoms with E-state index in [9.17, 15) is 13.2 Å². The Bertz CT molecular complexity index is 1190. The summed E-state index contributed by atoms with van der Waals surface area (Å²) in [6.45, 7) is 3.66. The van der Waals surface area contributed by atoms with Crippen LogP contribution in [0.4, 0.5) is 17.1 Å². The molecule has 0 radical (unpaired) electrons. The lowest BCUT2D eigenvalue weighted by atomic mass is 10.1. The second kappa shape index (κ2) is 8.59. The monoisotopic (exact) mass is 423 g/mol. The van der Waals surface area contributed by atoms with Crippen molar-refractivity contribution in [3.63, 3.8) is 0 Å². The van der Waals surface area contributed by atoms with Crippen molar-refractivity contribution >= 4 is 33.0 Å². The highest BCUT2D eigenvalue weighted by Crippen LogP contribution is 2.25. The standard InChI is InChI=1S/C23H25N3O3S/c1-16-8-7-9-18(14-16)25-30(28,29)19-13-12-17(2)20(15-19)23(27)24-21-10-5-6-11-22(21)26(3)4/h5-15,25H,1-4H3,(H,24,27). The molecule has 0 bridgehead atoms. The molecule has 0 fully saturated rings. The largest absolute Gasteiger partial charge is 0.376 e. The Morgan fingerprint density at radius 2 is 1.63 bits per heavy atom. The molecule has 3 rings (SSSR count). The first kappa shape index (κ1) is 21.4. The highest BCUT2D eigenvalue weighted by molar-refractivity contribution is 7.92. The molecule has 0 spiro atoms. The van der Waals surface area contributed by atoms with E-state index in [4.69, 9.17) is 0 Å². The molecule has 3 aromatic carbocycles. The van der Waals surface area contributed by atoms with E-state index in [2.05, 4.69) is 10.0 Å². The van der Waals surface area contributed by atoms with Gasteiger partial charge in [-0.1, -0.05) is 30.3 Å². The number of nitrogens with zero attached hydrogens (tertiary/aromatic N) is 1. The van der Waals surface area contributed by atoms with E-state index in [1.807, 2.05) is 56.3 Å². The number of carbonyl (C=O) groups is 1. The highest BCUT2D eigenvalue weighted by atomic mass is 32.2. The van der Waals surface area contributed by atoms with Crippen molar-refractivity contribution in [2.75, 3.05) is 29.0 Å². The number of para-hydroxylation sites is 2. The fourth-order valence-electron chi connectivity index (χ4n) is 3.09. The van der Waals surface area contributed by atoms with Gasteiger partial charge in [-0.05, 0) is 61.4 Å². The molecular weight excluding hydrogens is 398 g/mol. The van der Waals surface area contributed by atoms with E-state index in [0.717, 1.165) is 11.3 Å². The van der Waals surface area contributed by atoms with Gasteiger partial charge in [-0.15, -0.1) is 0 Å². The molecular formula is C23H25N3O3S. The predicted molar refractivity (Wildman–Crippen MR) is 122 cm³/mol. The van der Waals surface area contributed by atoms with Crippen molar-refractivity contribution in [3.05, 3.63) is 83.4 Å². The number of carbonyl (C=O) groups excluding carboxylic acids is 1. The fourth-order valence-corrected chi connectivity index (χ4v) is 4.17. The molecule has 1 amide bonds. The van der Waals surface area contributed by atoms with Crippen molar-refractivity contribution in [2.24, 2.45) is 0 Å². The van der Waals surface area contributed by atoms with E-state index in [1.54, 1.807) is 31.2 Å². The van der Waals surface area contributed by atoms with Crippen molar-refractivity contribution in [2.45, 2.75) is 18.7 Å². The van der Waals surface area contributed by atoms with Crippen molar-refractivity contribution in [1.82, 2.24) is 0 Å². The Balaban J connectivity index is 1.90. The number of hydrogen-bond acceptors (Lipinski definition) is 4. The molecule has 3 aromatic rings. The van der Waals surface area contributed by atoms with Crippen LogP contribution in [0.5, 0.6) is 0 Å². The molecule has 6 nitrogen and oxygen atoms in total. The van der Waals surface area contributed by atoms with Gasteiger partial charge in [0.05, 0.1) is 16.3 Å². The maximum absolute atomic E-state index is 12.9. The quantitative estimate of drug-likeness (QED) is 0.615. The van der Waals surface area contributed by atoms with E-state index < -0.39 is 10.0 Å². The molecule has 0 aliphatic rings. The van der Waals surface area contributed by atoms with Crippen LogP contribution < -0.4 is 14.9 Å². The van der Waals surface area contributed by atoms with E-state index in [1.165, 1.54) is 12.1 Å². The van der Waals surface area contributed by atoms with Gasteiger partial charge in [-0.2, -0.15) is 0 Å². The Morgan fingerprint density at radius 3 is 2.33 bits per heavy atom. The maximum atomic E-state index is 12.9. The molecule has 30 heavy (non-hydrogen) atoms. The minimum atomic E-state index is -3.84. The van der Waals surface area contributed by atoms with Gasteiger partial charge in [0.1, 0.15) is 0 Å². The lowest BCUT2D eigenvalue weighted by Crippen LogP contribution is -2.19. The third-order valence-electron chi connectivity index (χ3n) is 4.67. The van der Waals surface area contributed by atoms with Crippen LogP contribution in [0.2, 0.25) is 0 Å². The Labute approximate surface area is 177 Å². The third-order valence-corrected chi connectivity index (χ3v) is 6.05. The van der Waals surface area contributed by atoms with Crippen LogP contribution in [0.3, 0.4) is 0 Å². The molecule has 0 saturated heterocycles. The summed E-state index contributed by atoms with van der Waals surface area (Å²) in [6, 6.07) is 19.1. The molecule has 0 heterocycles. The van der Waals surface area contributed by atoms with Gasteiger partial charge >= 0.3 is 0 Å². The molecule has 0 aromatic heterocycles. The van der Waals surface area contributed by atoms with Crippen LogP contribution in [-0.2, 0) is 10.0 Å². The maximum Gasteiger partial charge on any atom is 0.261 e. The summed E-state index contributed by atoms with van der Waals surface area (Å²) in [5.41, 5.74) is 3.91. The number of aryl methyl sites for hydroxylation is 2. The number of rotatable bonds is 6. The zero-order valence-electron chi connectivity index (χ0n) is 17.4. The minimum absolute atomic E-state index is 0.0284. The number of hydrogen-bond donors (Lipinski definition) is 2. The second-order valence-corrected chi connectivity index (χ2v) is 9.00. The number of sulfonamides is 1. The summed E-state index contributed by atoms with van der Waals surface area (Å²) in [6.07, 6.45) is 0. The summed E-state index contributed by atoms with van der Waals surface area (Å²) >= 11 is 0. The molecule has 0 atom stereocenters. The summed E-state index contributed by atoms with van der Waals surface area (Å²) < 4.78 is 28.3. The van der Waals surface area contributed by atoms with Crippen molar-refractivity contribution in [3.8, 4) is 0 Å². The number of amides is 1. The summed E-state index contributed by atoms with van der Waals surface area (Å²) in [5, 5.41) is 2.89. The number of nitrogens with one attached hydrogen (secondary N) is 2. The minimum Gasteiger partial charge on any atom is -0.376 e. The normalized spacial score (nSPS) is 11.1. The Hall–Kier alpha value is -3.32. The molecule has 7 heteroatoms. The summed E-state index contributed by atoms with van der Waals surface area (Å²) in [7, 11) is -0.0570. The van der Waals surface area contributed by atoms with Gasteiger partial charge in [0.25, 0.3) is 15.9 Å². The lowest BCUT2D eigenvalue weighted by Gasteiger charge is -2.18. The number of benzene rings is 3. The molecule has 156 valence electrons. The summed E-state index contributed by atoms with van der Waals surface area (Å²) in [5.74, 6) is -0.366. The smallest absolute Gasteiger partial charge is 0.261 e. The molecule has 0 unspecified atom stereocenters. The van der Waals surface area contributed by atoms with Gasteiger partial charge in [0, 0.05) is 25.3 Å². The summed E-state index contributed by atoms with van der Waals surface area (Å²) in [4.78, 5) is 14.9. The van der Waals surface area contributed by atoms with Gasteiger partial charge < -0.3 is 10.2 Å². The van der Waals surface area contributed by atoms with Gasteiger partial charge in [-0.25, -0.2) is 8.42 Å². The van der Waals surface area contributed by atoms with Crippen molar-refractivity contribution < 1.29 is 13.2 Å². The third kappa shape index (κ3) is 4.80. The molecule has 2 N–H and O–H groups in total. The number of anilines is 3. The SMILES string of the molecule is Cc1cccc(NS(=O)(=O)c2ccc(C)c(C(=O)Nc3ccccc3N(C)C)c2)c1. The van der Waals surface area contributed by atoms with Crippen LogP contribution in [0.15, 0.2) is 71.6 Å². The van der Waals surface area contributed by atoms with Crippen LogP contribution in [0, 0.1) is 13.8 Å². The van der Waals surface area contributed by atoms with Gasteiger partial charge in [0.15, 0.2) is 0 Å². The fraction of sp³-hybridized carbons (Fsp3) is 0.174. The Morgan fingerprint density at radius 1 is 0.900 bits per heavy atom. The van der Waals surface area contributed by atoms with E-state index in [-0.39, 0.29) is 10.8 Å². The van der Waals surface area contributed by atoms with Crippen molar-refractivity contribution in [1.29, 1.82) is 0 Å². The lowest BCUT2D eigenvalue weighted by molar-refractivity contribution is 0.102. The molecule has 0 aliphatic heterocycles. The second-order valence-electron chi connectivity index (χ2n) is 7.32. The Kier molecular flexibility index (Phi) is 6.12. The van der Waals surface area contributed by atoms with Crippen LogP contribution in [-0.4, -0.2) is 28.4 Å². The first-order chi connectivity index (χ1) is 14.2. The van der Waals surface area contributed by atoms with E-state index >= 15 is 0 Å². The zero-order valence-corrected chi connectivity index (χ0v) is 18.2. The van der Waals surface area contributed by atoms with E-state index in [0.29, 0.717) is 22.5 Å². The molecule has 0 saturated carbocycles. The van der Waals surface area contributed by atoms with Crippen LogP contribution in [0.25, 0.3) is 0 Å². The predicted octanol–water partition coefficient (Wildman–Crippen LogP) is 4.42. The highest BCUT2D eigenvalue weighted by Gasteiger charge is 2.19. The average molecular weight is 424 g/mol. The zero-order chi connectivity index (χ0) is 21.9. The topological polar surface area (TPSA) is 78.5 Å². The molecule has 0 aliphatic carbocycles. The van der Waals surface area contributed by atoms with Crippen LogP contribution >= 0.6 is 0 Å². The van der Waals surface area contributed by atoms with Gasteiger partial charge in [-0.3, -0.25) is 9.52 Å². The first-order valence-electron chi connectivity index (χ1n) is 9.45. The van der Waals surface area contributed by atoms with Gasteiger partial charge in [0.2, 0.25) is 0 Å². The van der Waals surface area contributed by atoms with Crippen LogP contribution in [0.1, 0.15) is 21.5 Å². The first-order valence-corrected chi connectivity index (χ1v) is 10.9. The average Bonchev–Trinajstić information content (AvgIpc) is 2.68.